The number of nitrogens with one attached hydrogen (secondary N) is 2. The van der Waals surface area contributed by atoms with E-state index >= 15 is 0 Å². The van der Waals surface area contributed by atoms with Crippen LogP contribution >= 0.6 is 0 Å². The summed E-state index contributed by atoms with van der Waals surface area (Å²) in [6, 6.07) is 13.8. The van der Waals surface area contributed by atoms with E-state index in [0.29, 0.717) is 11.5 Å². The number of ether oxygens (including phenoxy) is 2. The molecule has 0 radical (unpaired) electrons. The number of hydrogen-bond donors (Lipinski definition) is 2. The van der Waals surface area contributed by atoms with E-state index < -0.39 is 27.4 Å². The third-order valence-electron chi connectivity index (χ3n) is 4.34. The maximum Gasteiger partial charge on any atom is 0.305 e. The molecule has 0 saturated carbocycles. The van der Waals surface area contributed by atoms with Gasteiger partial charge in [-0.2, -0.15) is 0 Å². The van der Waals surface area contributed by atoms with E-state index in [4.69, 9.17) is 13.9 Å². The van der Waals surface area contributed by atoms with Crippen LogP contribution in [0.15, 0.2) is 70.2 Å². The van der Waals surface area contributed by atoms with Crippen LogP contribution in [-0.2, 0) is 15.6 Å². The summed E-state index contributed by atoms with van der Waals surface area (Å²) in [6.45, 7) is 0. The van der Waals surface area contributed by atoms with Gasteiger partial charge in [0.15, 0.2) is 27.1 Å². The average Bonchev–Trinajstić information content (AvgIpc) is 3.24. The lowest BCUT2D eigenvalue weighted by Gasteiger charge is -2.10. The van der Waals surface area contributed by atoms with Crippen molar-refractivity contribution in [3.8, 4) is 11.5 Å². The Morgan fingerprint density at radius 2 is 1.58 bits per heavy atom. The number of amides is 2. The normalized spacial score (nSPS) is 10.9. The summed E-state index contributed by atoms with van der Waals surface area (Å²) in [5.74, 6) is -1.26. The van der Waals surface area contributed by atoms with E-state index in [1.165, 1.54) is 50.8 Å². The minimum atomic E-state index is -3.68. The quantitative estimate of drug-likeness (QED) is 0.536. The van der Waals surface area contributed by atoms with Crippen molar-refractivity contribution in [2.45, 2.75) is 10.6 Å². The third kappa shape index (κ3) is 5.04. The monoisotopic (exact) mass is 444 g/mol. The van der Waals surface area contributed by atoms with Gasteiger partial charge in [0.1, 0.15) is 0 Å². The Morgan fingerprint density at radius 1 is 0.903 bits per heavy atom. The number of hydrazine groups is 1. The lowest BCUT2D eigenvalue weighted by molar-refractivity contribution is 0.0830. The number of carbonyl (C=O) groups is 2. The van der Waals surface area contributed by atoms with E-state index in [1.54, 1.807) is 24.3 Å². The van der Waals surface area contributed by atoms with Crippen molar-refractivity contribution in [1.82, 2.24) is 10.9 Å². The standard InChI is InChI=1S/C21H20N2O7S/c1-28-17-9-8-14(12-18(17)29-2)20(24)22-23-21(25)19-15(10-11-30-19)13-31(26,27)16-6-4-3-5-7-16/h3-12H,13H2,1-2H3,(H,22,24)(H,23,25). The predicted molar refractivity (Wildman–Crippen MR) is 111 cm³/mol. The third-order valence-corrected chi connectivity index (χ3v) is 6.02. The topological polar surface area (TPSA) is 124 Å². The van der Waals surface area contributed by atoms with Crippen molar-refractivity contribution >= 4 is 21.7 Å². The molecule has 3 aromatic rings. The zero-order valence-electron chi connectivity index (χ0n) is 16.7. The molecule has 2 aromatic carbocycles. The minimum absolute atomic E-state index is 0.129. The Balaban J connectivity index is 1.69. The first-order chi connectivity index (χ1) is 14.9. The van der Waals surface area contributed by atoms with Crippen molar-refractivity contribution in [2.75, 3.05) is 14.2 Å². The van der Waals surface area contributed by atoms with Gasteiger partial charge in [-0.3, -0.25) is 20.4 Å². The molecule has 162 valence electrons. The summed E-state index contributed by atoms with van der Waals surface area (Å²) in [4.78, 5) is 24.9. The maximum atomic E-state index is 12.6. The first kappa shape index (κ1) is 21.9. The van der Waals surface area contributed by atoms with Crippen molar-refractivity contribution < 1.29 is 31.9 Å². The van der Waals surface area contributed by atoms with Crippen LogP contribution in [0.25, 0.3) is 0 Å². The summed E-state index contributed by atoms with van der Waals surface area (Å²) in [7, 11) is -0.778. The first-order valence-corrected chi connectivity index (χ1v) is 10.7. The van der Waals surface area contributed by atoms with Crippen LogP contribution in [0.2, 0.25) is 0 Å². The van der Waals surface area contributed by atoms with Gasteiger partial charge in [-0.05, 0) is 36.4 Å². The first-order valence-electron chi connectivity index (χ1n) is 9.02. The molecule has 0 fully saturated rings. The summed E-state index contributed by atoms with van der Waals surface area (Å²) in [5.41, 5.74) is 4.85. The Morgan fingerprint density at radius 3 is 2.26 bits per heavy atom. The molecular formula is C21H20N2O7S. The highest BCUT2D eigenvalue weighted by atomic mass is 32.2. The number of rotatable bonds is 7. The summed E-state index contributed by atoms with van der Waals surface area (Å²) < 4.78 is 40.6. The SMILES string of the molecule is COc1ccc(C(=O)NNC(=O)c2occc2CS(=O)(=O)c2ccccc2)cc1OC. The lowest BCUT2D eigenvalue weighted by Crippen LogP contribution is -2.41. The van der Waals surface area contributed by atoms with E-state index in [9.17, 15) is 18.0 Å². The molecule has 31 heavy (non-hydrogen) atoms. The molecule has 10 heteroatoms. The van der Waals surface area contributed by atoms with E-state index in [-0.39, 0.29) is 21.8 Å². The van der Waals surface area contributed by atoms with Gasteiger partial charge in [0.25, 0.3) is 5.91 Å². The molecule has 0 saturated heterocycles. The molecule has 9 nitrogen and oxygen atoms in total. The van der Waals surface area contributed by atoms with Gasteiger partial charge >= 0.3 is 5.91 Å². The van der Waals surface area contributed by atoms with Crippen LogP contribution in [0.1, 0.15) is 26.5 Å². The molecule has 2 N–H and O–H groups in total. The van der Waals surface area contributed by atoms with Crippen LogP contribution in [0.4, 0.5) is 0 Å². The number of methoxy groups -OCH3 is 2. The highest BCUT2D eigenvalue weighted by Gasteiger charge is 2.23. The highest BCUT2D eigenvalue weighted by Crippen LogP contribution is 2.27. The molecule has 1 aromatic heterocycles. The number of benzene rings is 2. The molecule has 0 aliphatic carbocycles. The predicted octanol–water partition coefficient (Wildman–Crippen LogP) is 2.35. The molecule has 0 unspecified atom stereocenters. The second kappa shape index (κ2) is 9.35. The van der Waals surface area contributed by atoms with Crippen molar-refractivity contribution in [1.29, 1.82) is 0 Å². The van der Waals surface area contributed by atoms with Gasteiger partial charge in [-0.1, -0.05) is 18.2 Å². The van der Waals surface area contributed by atoms with Gasteiger partial charge < -0.3 is 13.9 Å². The summed E-state index contributed by atoms with van der Waals surface area (Å²) >= 11 is 0. The molecule has 0 aliphatic rings. The molecule has 0 atom stereocenters. The lowest BCUT2D eigenvalue weighted by atomic mass is 10.2. The number of carbonyl (C=O) groups excluding carboxylic acids is 2. The van der Waals surface area contributed by atoms with Gasteiger partial charge in [-0.25, -0.2) is 8.42 Å². The molecule has 3 rings (SSSR count). The van der Waals surface area contributed by atoms with Crippen LogP contribution in [0.5, 0.6) is 11.5 Å². The molecule has 2 amide bonds. The van der Waals surface area contributed by atoms with E-state index in [2.05, 4.69) is 10.9 Å². The minimum Gasteiger partial charge on any atom is -0.493 e. The number of furan rings is 1. The Hall–Kier alpha value is -3.79. The Kier molecular flexibility index (Phi) is 6.61. The Bertz CT molecular complexity index is 1190. The van der Waals surface area contributed by atoms with Crippen LogP contribution in [-0.4, -0.2) is 34.5 Å². The van der Waals surface area contributed by atoms with Crippen LogP contribution in [0, 0.1) is 0 Å². The highest BCUT2D eigenvalue weighted by molar-refractivity contribution is 7.90. The second-order valence-corrected chi connectivity index (χ2v) is 8.31. The Labute approximate surface area is 178 Å². The average molecular weight is 444 g/mol. The van der Waals surface area contributed by atoms with Gasteiger partial charge in [0, 0.05) is 11.1 Å². The molecule has 0 spiro atoms. The summed E-state index contributed by atoms with van der Waals surface area (Å²) in [6.07, 6.45) is 1.21. The summed E-state index contributed by atoms with van der Waals surface area (Å²) in [5, 5.41) is 0. The molecule has 1 heterocycles. The fraction of sp³-hybridized carbons (Fsp3) is 0.143. The second-order valence-electron chi connectivity index (χ2n) is 6.33. The number of hydrogen-bond acceptors (Lipinski definition) is 7. The fourth-order valence-electron chi connectivity index (χ4n) is 2.78. The molecule has 0 aliphatic heterocycles. The van der Waals surface area contributed by atoms with Gasteiger partial charge in [-0.15, -0.1) is 0 Å². The van der Waals surface area contributed by atoms with Crippen LogP contribution < -0.4 is 20.3 Å². The zero-order chi connectivity index (χ0) is 22.4. The van der Waals surface area contributed by atoms with Gasteiger partial charge in [0.2, 0.25) is 0 Å². The maximum absolute atomic E-state index is 12.6. The van der Waals surface area contributed by atoms with Crippen molar-refractivity contribution in [3.05, 3.63) is 77.7 Å². The van der Waals surface area contributed by atoms with Crippen molar-refractivity contribution in [2.24, 2.45) is 0 Å². The smallest absolute Gasteiger partial charge is 0.305 e. The molecule has 0 bridgehead atoms. The number of sulfone groups is 1. The van der Waals surface area contributed by atoms with Gasteiger partial charge in [0.05, 0.1) is 31.1 Å². The largest absolute Gasteiger partial charge is 0.493 e. The zero-order valence-corrected chi connectivity index (χ0v) is 17.6. The fourth-order valence-corrected chi connectivity index (χ4v) is 4.16. The molecular weight excluding hydrogens is 424 g/mol. The van der Waals surface area contributed by atoms with Crippen molar-refractivity contribution in [3.63, 3.8) is 0 Å². The van der Waals surface area contributed by atoms with E-state index in [1.807, 2.05) is 0 Å². The van der Waals surface area contributed by atoms with E-state index in [0.717, 1.165) is 0 Å². The van der Waals surface area contributed by atoms with Crippen LogP contribution in [0.3, 0.4) is 0 Å².